The summed E-state index contributed by atoms with van der Waals surface area (Å²) in [5.41, 5.74) is 0. The lowest BCUT2D eigenvalue weighted by Gasteiger charge is -2.16. The molecule has 0 radical (unpaired) electrons. The predicted molar refractivity (Wildman–Crippen MR) is 91.7 cm³/mol. The number of nitrogens with zero attached hydrogens (tertiary/aromatic N) is 1. The van der Waals surface area contributed by atoms with Gasteiger partial charge in [-0.05, 0) is 32.1 Å². The Kier molecular flexibility index (Phi) is 14.9. The first-order chi connectivity index (χ1) is 10.6. The quantitative estimate of drug-likeness (QED) is 0.365. The number of amides is 1. The van der Waals surface area contributed by atoms with Gasteiger partial charge in [-0.3, -0.25) is 4.79 Å². The van der Waals surface area contributed by atoms with E-state index in [4.69, 9.17) is 4.74 Å². The normalized spacial score (nSPS) is 12.4. The standard InChI is InChI=1S/C18H37NO3/c1-4-6-7-8-11-14-18(21)22-16-12-9-10-13-17(20)19(3)15-5-2/h18,21H,4-16H2,1-3H3. The largest absolute Gasteiger partial charge is 0.368 e. The highest BCUT2D eigenvalue weighted by Gasteiger charge is 2.07. The molecule has 4 heteroatoms. The molecule has 0 fully saturated rings. The molecule has 0 saturated heterocycles. The second-order valence-electron chi connectivity index (χ2n) is 6.15. The number of hydrogen-bond donors (Lipinski definition) is 1. The SMILES string of the molecule is CCCCCCCC(O)OCCCCCC(=O)N(C)CCC. The fraction of sp³-hybridized carbons (Fsp3) is 0.944. The van der Waals surface area contributed by atoms with Crippen molar-refractivity contribution in [2.24, 2.45) is 0 Å². The second kappa shape index (κ2) is 15.3. The van der Waals surface area contributed by atoms with Crippen molar-refractivity contribution in [3.05, 3.63) is 0 Å². The summed E-state index contributed by atoms with van der Waals surface area (Å²) < 4.78 is 5.40. The lowest BCUT2D eigenvalue weighted by Crippen LogP contribution is -2.26. The van der Waals surface area contributed by atoms with Gasteiger partial charge in [0.25, 0.3) is 0 Å². The molecule has 0 aromatic rings. The van der Waals surface area contributed by atoms with Gasteiger partial charge in [0.15, 0.2) is 6.29 Å². The van der Waals surface area contributed by atoms with E-state index in [2.05, 4.69) is 13.8 Å². The van der Waals surface area contributed by atoms with Crippen molar-refractivity contribution in [2.45, 2.75) is 90.8 Å². The number of aliphatic hydroxyl groups excluding tert-OH is 1. The number of rotatable bonds is 15. The van der Waals surface area contributed by atoms with Crippen LogP contribution in [0.3, 0.4) is 0 Å². The Morgan fingerprint density at radius 1 is 1.00 bits per heavy atom. The van der Waals surface area contributed by atoms with Crippen LogP contribution >= 0.6 is 0 Å². The fourth-order valence-corrected chi connectivity index (χ4v) is 2.43. The first kappa shape index (κ1) is 21.4. The van der Waals surface area contributed by atoms with Crippen molar-refractivity contribution in [3.63, 3.8) is 0 Å². The fourth-order valence-electron chi connectivity index (χ4n) is 2.43. The van der Waals surface area contributed by atoms with E-state index in [-0.39, 0.29) is 5.91 Å². The van der Waals surface area contributed by atoms with Gasteiger partial charge in [-0.25, -0.2) is 0 Å². The van der Waals surface area contributed by atoms with E-state index in [1.165, 1.54) is 25.7 Å². The lowest BCUT2D eigenvalue weighted by molar-refractivity contribution is -0.130. The van der Waals surface area contributed by atoms with E-state index in [1.54, 1.807) is 4.90 Å². The topological polar surface area (TPSA) is 49.8 Å². The molecule has 0 bridgehead atoms. The Hall–Kier alpha value is -0.610. The minimum atomic E-state index is -0.612. The van der Waals surface area contributed by atoms with Crippen molar-refractivity contribution in [2.75, 3.05) is 20.2 Å². The van der Waals surface area contributed by atoms with Crippen LogP contribution in [0.4, 0.5) is 0 Å². The molecule has 0 aliphatic carbocycles. The highest BCUT2D eigenvalue weighted by atomic mass is 16.6. The molecule has 1 N–H and O–H groups in total. The van der Waals surface area contributed by atoms with Gasteiger partial charge >= 0.3 is 0 Å². The molecular weight excluding hydrogens is 278 g/mol. The van der Waals surface area contributed by atoms with Gasteiger partial charge in [0, 0.05) is 26.6 Å². The maximum atomic E-state index is 11.7. The molecule has 132 valence electrons. The highest BCUT2D eigenvalue weighted by molar-refractivity contribution is 5.75. The molecule has 1 atom stereocenters. The molecule has 0 heterocycles. The molecular formula is C18H37NO3. The minimum Gasteiger partial charge on any atom is -0.368 e. The summed E-state index contributed by atoms with van der Waals surface area (Å²) in [4.78, 5) is 13.5. The molecule has 4 nitrogen and oxygen atoms in total. The molecule has 0 rings (SSSR count). The zero-order valence-electron chi connectivity index (χ0n) is 15.0. The van der Waals surface area contributed by atoms with Crippen molar-refractivity contribution < 1.29 is 14.6 Å². The summed E-state index contributed by atoms with van der Waals surface area (Å²) in [6.07, 6.45) is 10.6. The van der Waals surface area contributed by atoms with Gasteiger partial charge in [-0.1, -0.05) is 46.0 Å². The van der Waals surface area contributed by atoms with Gasteiger partial charge in [-0.15, -0.1) is 0 Å². The van der Waals surface area contributed by atoms with E-state index >= 15 is 0 Å². The summed E-state index contributed by atoms with van der Waals surface area (Å²) in [6, 6.07) is 0. The Morgan fingerprint density at radius 3 is 2.36 bits per heavy atom. The van der Waals surface area contributed by atoms with Crippen LogP contribution in [0, 0.1) is 0 Å². The van der Waals surface area contributed by atoms with Crippen LogP contribution in [0.5, 0.6) is 0 Å². The van der Waals surface area contributed by atoms with Gasteiger partial charge in [0.2, 0.25) is 5.91 Å². The van der Waals surface area contributed by atoms with Gasteiger partial charge < -0.3 is 14.7 Å². The zero-order chi connectivity index (χ0) is 16.6. The van der Waals surface area contributed by atoms with E-state index in [9.17, 15) is 9.90 Å². The van der Waals surface area contributed by atoms with Crippen molar-refractivity contribution in [1.82, 2.24) is 4.90 Å². The molecule has 22 heavy (non-hydrogen) atoms. The van der Waals surface area contributed by atoms with Crippen LogP contribution in [-0.2, 0) is 9.53 Å². The third-order valence-corrected chi connectivity index (χ3v) is 3.88. The number of hydrogen-bond acceptors (Lipinski definition) is 3. The van der Waals surface area contributed by atoms with Crippen LogP contribution in [0.1, 0.15) is 84.5 Å². The van der Waals surface area contributed by atoms with Crippen LogP contribution in [0.15, 0.2) is 0 Å². The lowest BCUT2D eigenvalue weighted by atomic mass is 10.1. The monoisotopic (exact) mass is 315 g/mol. The summed E-state index contributed by atoms with van der Waals surface area (Å²) >= 11 is 0. The number of ether oxygens (including phenoxy) is 1. The Labute approximate surface area is 137 Å². The molecule has 0 saturated carbocycles. The Bertz CT molecular complexity index is 259. The molecule has 1 unspecified atom stereocenters. The Balaban J connectivity index is 3.36. The van der Waals surface area contributed by atoms with E-state index in [1.807, 2.05) is 7.05 Å². The predicted octanol–water partition coefficient (Wildman–Crippen LogP) is 4.11. The van der Waals surface area contributed by atoms with Crippen molar-refractivity contribution in [3.8, 4) is 0 Å². The van der Waals surface area contributed by atoms with Crippen LogP contribution in [0.2, 0.25) is 0 Å². The summed E-state index contributed by atoms with van der Waals surface area (Å²) in [5, 5.41) is 9.70. The number of carbonyl (C=O) groups is 1. The molecule has 0 aromatic carbocycles. The third kappa shape index (κ3) is 13.1. The zero-order valence-corrected chi connectivity index (χ0v) is 15.0. The van der Waals surface area contributed by atoms with Gasteiger partial charge in [0.1, 0.15) is 0 Å². The van der Waals surface area contributed by atoms with E-state index in [0.717, 1.165) is 45.1 Å². The first-order valence-electron chi connectivity index (χ1n) is 9.15. The second-order valence-corrected chi connectivity index (χ2v) is 6.15. The van der Waals surface area contributed by atoms with E-state index in [0.29, 0.717) is 13.0 Å². The summed E-state index contributed by atoms with van der Waals surface area (Å²) in [6.45, 7) is 5.71. The van der Waals surface area contributed by atoms with Gasteiger partial charge in [-0.2, -0.15) is 0 Å². The summed E-state index contributed by atoms with van der Waals surface area (Å²) in [7, 11) is 1.87. The average Bonchev–Trinajstić information content (AvgIpc) is 2.50. The van der Waals surface area contributed by atoms with Crippen molar-refractivity contribution >= 4 is 5.91 Å². The first-order valence-corrected chi connectivity index (χ1v) is 9.15. The van der Waals surface area contributed by atoms with E-state index < -0.39 is 6.29 Å². The third-order valence-electron chi connectivity index (χ3n) is 3.88. The van der Waals surface area contributed by atoms with Crippen molar-refractivity contribution in [1.29, 1.82) is 0 Å². The molecule has 0 spiro atoms. The molecule has 1 amide bonds. The average molecular weight is 315 g/mol. The van der Waals surface area contributed by atoms with Crippen LogP contribution in [-0.4, -0.2) is 42.4 Å². The molecule has 0 aromatic heterocycles. The Morgan fingerprint density at radius 2 is 1.68 bits per heavy atom. The maximum absolute atomic E-state index is 11.7. The maximum Gasteiger partial charge on any atom is 0.222 e. The number of unbranched alkanes of at least 4 members (excludes halogenated alkanes) is 6. The molecule has 0 aliphatic heterocycles. The smallest absolute Gasteiger partial charge is 0.222 e. The van der Waals surface area contributed by atoms with Crippen LogP contribution < -0.4 is 0 Å². The highest BCUT2D eigenvalue weighted by Crippen LogP contribution is 2.09. The minimum absolute atomic E-state index is 0.231. The summed E-state index contributed by atoms with van der Waals surface area (Å²) in [5.74, 6) is 0.231. The number of aliphatic hydroxyl groups is 1. The van der Waals surface area contributed by atoms with Crippen LogP contribution in [0.25, 0.3) is 0 Å². The number of carbonyl (C=O) groups excluding carboxylic acids is 1. The van der Waals surface area contributed by atoms with Gasteiger partial charge in [0.05, 0.1) is 0 Å². The molecule has 0 aliphatic rings.